The summed E-state index contributed by atoms with van der Waals surface area (Å²) in [5.41, 5.74) is 7.89. The van der Waals surface area contributed by atoms with E-state index in [1.807, 2.05) is 6.07 Å². The van der Waals surface area contributed by atoms with E-state index >= 15 is 0 Å². The molecule has 4 N–H and O–H groups in total. The Morgan fingerprint density at radius 3 is 2.42 bits per heavy atom. The standard InChI is InChI=1S/C24H28FN7O/c25-19-8-4-16(5-9-19)14-20(26)22(33)30-15-17-2-6-18(7-3-17)21-10-13-29-24(31-21)32-23-27-11-1-12-28-23/h1,4-5,8-13,17-18,20H,2-3,6-7,14-15,26H2,(H,30,33)(H,27,28,29,31,32)/t17?,18?,20-/m1/s1. The topological polar surface area (TPSA) is 119 Å². The SMILES string of the molecule is N[C@H](Cc1ccc(F)cc1)C(=O)NCC1CCC(c2ccnc(Nc3ncccn3)n2)CC1. The number of carbonyl (C=O) groups excluding carboxylic acids is 1. The minimum absolute atomic E-state index is 0.170. The van der Waals surface area contributed by atoms with Gasteiger partial charge in [-0.25, -0.2) is 24.3 Å². The molecule has 1 fully saturated rings. The monoisotopic (exact) mass is 449 g/mol. The average Bonchev–Trinajstić information content (AvgIpc) is 2.85. The van der Waals surface area contributed by atoms with Crippen LogP contribution in [0, 0.1) is 11.7 Å². The van der Waals surface area contributed by atoms with Crippen LogP contribution in [0.4, 0.5) is 16.3 Å². The number of amides is 1. The fraction of sp³-hybridized carbons (Fsp3) is 0.375. The molecule has 33 heavy (non-hydrogen) atoms. The molecule has 8 nitrogen and oxygen atoms in total. The number of hydrogen-bond donors (Lipinski definition) is 3. The van der Waals surface area contributed by atoms with Crippen molar-refractivity contribution in [2.24, 2.45) is 11.7 Å². The number of halogens is 1. The molecule has 0 radical (unpaired) electrons. The van der Waals surface area contributed by atoms with Crippen LogP contribution in [0.5, 0.6) is 0 Å². The van der Waals surface area contributed by atoms with Crippen molar-refractivity contribution in [2.45, 2.75) is 44.1 Å². The summed E-state index contributed by atoms with van der Waals surface area (Å²) in [5, 5.41) is 6.02. The molecule has 2 aromatic heterocycles. The van der Waals surface area contributed by atoms with Gasteiger partial charge in [-0.3, -0.25) is 10.1 Å². The second kappa shape index (κ2) is 10.9. The molecule has 172 valence electrons. The van der Waals surface area contributed by atoms with Gasteiger partial charge in [0.1, 0.15) is 5.82 Å². The summed E-state index contributed by atoms with van der Waals surface area (Å²) in [5.74, 6) is 1.26. The number of rotatable bonds is 8. The average molecular weight is 450 g/mol. The van der Waals surface area contributed by atoms with Gasteiger partial charge in [-0.15, -0.1) is 0 Å². The predicted octanol–water partition coefficient (Wildman–Crippen LogP) is 3.11. The van der Waals surface area contributed by atoms with Crippen LogP contribution in [0.2, 0.25) is 0 Å². The number of nitrogens with two attached hydrogens (primary N) is 1. The maximum absolute atomic E-state index is 13.0. The highest BCUT2D eigenvalue weighted by molar-refractivity contribution is 5.81. The Morgan fingerprint density at radius 2 is 1.70 bits per heavy atom. The molecular weight excluding hydrogens is 421 g/mol. The van der Waals surface area contributed by atoms with Crippen molar-refractivity contribution in [3.63, 3.8) is 0 Å². The molecule has 0 spiro atoms. The van der Waals surface area contributed by atoms with Crippen LogP contribution >= 0.6 is 0 Å². The van der Waals surface area contributed by atoms with Crippen LogP contribution in [0.3, 0.4) is 0 Å². The lowest BCUT2D eigenvalue weighted by molar-refractivity contribution is -0.122. The lowest BCUT2D eigenvalue weighted by atomic mass is 9.80. The fourth-order valence-electron chi connectivity index (χ4n) is 4.13. The number of carbonyl (C=O) groups is 1. The third kappa shape index (κ3) is 6.52. The Hall–Kier alpha value is -3.46. The summed E-state index contributed by atoms with van der Waals surface area (Å²) in [4.78, 5) is 29.6. The van der Waals surface area contributed by atoms with Crippen LogP contribution in [0.25, 0.3) is 0 Å². The lowest BCUT2D eigenvalue weighted by Gasteiger charge is -2.28. The van der Waals surface area contributed by atoms with Crippen LogP contribution in [-0.4, -0.2) is 38.4 Å². The third-order valence-corrected chi connectivity index (χ3v) is 6.00. The molecule has 0 saturated heterocycles. The molecule has 0 unspecified atom stereocenters. The molecule has 1 saturated carbocycles. The van der Waals surface area contributed by atoms with Gasteiger partial charge in [-0.2, -0.15) is 0 Å². The Morgan fingerprint density at radius 1 is 1.00 bits per heavy atom. The highest BCUT2D eigenvalue weighted by Crippen LogP contribution is 2.34. The van der Waals surface area contributed by atoms with E-state index < -0.39 is 6.04 Å². The molecule has 1 aliphatic carbocycles. The number of nitrogens with one attached hydrogen (secondary N) is 2. The first-order valence-electron chi connectivity index (χ1n) is 11.2. The first-order chi connectivity index (χ1) is 16.1. The normalized spacial score (nSPS) is 19.0. The minimum atomic E-state index is -0.646. The van der Waals surface area contributed by atoms with E-state index in [0.717, 1.165) is 36.9 Å². The highest BCUT2D eigenvalue weighted by Gasteiger charge is 2.25. The molecule has 1 aromatic carbocycles. The summed E-state index contributed by atoms with van der Waals surface area (Å²) in [6.07, 6.45) is 9.48. The second-order valence-corrected chi connectivity index (χ2v) is 8.40. The van der Waals surface area contributed by atoms with Gasteiger partial charge in [-0.05, 0) is 67.9 Å². The van der Waals surface area contributed by atoms with E-state index in [9.17, 15) is 9.18 Å². The lowest BCUT2D eigenvalue weighted by Crippen LogP contribution is -2.44. The molecule has 1 atom stereocenters. The first-order valence-corrected chi connectivity index (χ1v) is 11.2. The van der Waals surface area contributed by atoms with Crippen molar-refractivity contribution >= 4 is 17.8 Å². The molecule has 9 heteroatoms. The Balaban J connectivity index is 1.22. The fourth-order valence-corrected chi connectivity index (χ4v) is 4.13. The largest absolute Gasteiger partial charge is 0.354 e. The zero-order chi connectivity index (χ0) is 23.0. The van der Waals surface area contributed by atoms with Gasteiger partial charge in [-0.1, -0.05) is 12.1 Å². The van der Waals surface area contributed by atoms with Gasteiger partial charge in [0.2, 0.25) is 17.8 Å². The van der Waals surface area contributed by atoms with Crippen LogP contribution < -0.4 is 16.4 Å². The van der Waals surface area contributed by atoms with Gasteiger partial charge < -0.3 is 11.1 Å². The second-order valence-electron chi connectivity index (χ2n) is 8.40. The van der Waals surface area contributed by atoms with Gasteiger partial charge in [0.25, 0.3) is 0 Å². The van der Waals surface area contributed by atoms with Crippen molar-refractivity contribution in [1.82, 2.24) is 25.3 Å². The maximum Gasteiger partial charge on any atom is 0.237 e. The van der Waals surface area contributed by atoms with Gasteiger partial charge in [0.15, 0.2) is 0 Å². The molecule has 0 aliphatic heterocycles. The maximum atomic E-state index is 13.0. The molecule has 2 heterocycles. The molecule has 1 amide bonds. The molecule has 3 aromatic rings. The van der Waals surface area contributed by atoms with E-state index in [-0.39, 0.29) is 11.7 Å². The van der Waals surface area contributed by atoms with E-state index in [0.29, 0.717) is 36.7 Å². The van der Waals surface area contributed by atoms with Crippen molar-refractivity contribution in [3.8, 4) is 0 Å². The first kappa shape index (κ1) is 22.7. The Labute approximate surface area is 192 Å². The number of hydrogen-bond acceptors (Lipinski definition) is 7. The zero-order valence-corrected chi connectivity index (χ0v) is 18.3. The summed E-state index contributed by atoms with van der Waals surface area (Å²) in [6.45, 7) is 0.616. The van der Waals surface area contributed by atoms with E-state index in [1.165, 1.54) is 12.1 Å². The highest BCUT2D eigenvalue weighted by atomic mass is 19.1. The van der Waals surface area contributed by atoms with E-state index in [4.69, 9.17) is 5.73 Å². The van der Waals surface area contributed by atoms with Crippen LogP contribution in [-0.2, 0) is 11.2 Å². The minimum Gasteiger partial charge on any atom is -0.354 e. The van der Waals surface area contributed by atoms with Gasteiger partial charge >= 0.3 is 0 Å². The summed E-state index contributed by atoms with van der Waals surface area (Å²) < 4.78 is 13.0. The third-order valence-electron chi connectivity index (χ3n) is 6.00. The van der Waals surface area contributed by atoms with E-state index in [2.05, 4.69) is 30.6 Å². The van der Waals surface area contributed by atoms with Crippen molar-refractivity contribution in [2.75, 3.05) is 11.9 Å². The van der Waals surface area contributed by atoms with Crippen molar-refractivity contribution in [3.05, 3.63) is 72.1 Å². The van der Waals surface area contributed by atoms with Gasteiger partial charge in [0.05, 0.1) is 6.04 Å². The number of nitrogens with zero attached hydrogens (tertiary/aromatic N) is 4. The summed E-state index contributed by atoms with van der Waals surface area (Å²) >= 11 is 0. The van der Waals surface area contributed by atoms with Crippen LogP contribution in [0.1, 0.15) is 42.9 Å². The quantitative estimate of drug-likeness (QED) is 0.483. The molecule has 4 rings (SSSR count). The van der Waals surface area contributed by atoms with Crippen LogP contribution in [0.15, 0.2) is 55.0 Å². The van der Waals surface area contributed by atoms with Crippen molar-refractivity contribution in [1.29, 1.82) is 0 Å². The Kier molecular flexibility index (Phi) is 7.51. The zero-order valence-electron chi connectivity index (χ0n) is 18.3. The molecular formula is C24H28FN7O. The number of anilines is 2. The van der Waals surface area contributed by atoms with Gasteiger partial charge in [0, 0.05) is 36.7 Å². The summed E-state index contributed by atoms with van der Waals surface area (Å²) in [6, 6.07) is 9.14. The van der Waals surface area contributed by atoms with E-state index in [1.54, 1.807) is 36.8 Å². The molecule has 1 aliphatic rings. The van der Waals surface area contributed by atoms with Crippen molar-refractivity contribution < 1.29 is 9.18 Å². The smallest absolute Gasteiger partial charge is 0.237 e. The predicted molar refractivity (Wildman–Crippen MR) is 123 cm³/mol. The number of benzene rings is 1. The Bertz CT molecular complexity index is 1040. The summed E-state index contributed by atoms with van der Waals surface area (Å²) in [7, 11) is 0. The number of aromatic nitrogens is 4. The molecule has 0 bridgehead atoms.